The van der Waals surface area contributed by atoms with Crippen LogP contribution in [-0.4, -0.2) is 22.3 Å². The first kappa shape index (κ1) is 23.0. The molecule has 0 saturated heterocycles. The van der Waals surface area contributed by atoms with Gasteiger partial charge in [-0.1, -0.05) is 53.7 Å². The van der Waals surface area contributed by atoms with E-state index >= 15 is 0 Å². The minimum Gasteiger partial charge on any atom is -0.385 e. The van der Waals surface area contributed by atoms with Gasteiger partial charge in [0, 0.05) is 24.2 Å². The number of hydrogen-bond acceptors (Lipinski definition) is 3. The van der Waals surface area contributed by atoms with Gasteiger partial charge < -0.3 is 5.11 Å². The number of rotatable bonds is 4. The van der Waals surface area contributed by atoms with Crippen molar-refractivity contribution in [3.63, 3.8) is 0 Å². The van der Waals surface area contributed by atoms with Gasteiger partial charge in [-0.2, -0.15) is 0 Å². The number of ketones is 2. The average molecular weight is 427 g/mol. The number of allylic oxidation sites excluding steroid dienone is 3. The Hall–Kier alpha value is -1.22. The highest BCUT2D eigenvalue weighted by molar-refractivity contribution is 5.98. The monoisotopic (exact) mass is 426 g/mol. The van der Waals surface area contributed by atoms with Crippen LogP contribution in [0.3, 0.4) is 0 Å². The highest BCUT2D eigenvalue weighted by Crippen LogP contribution is 2.67. The Bertz CT molecular complexity index is 822. The molecule has 3 fully saturated rings. The third-order valence-corrected chi connectivity index (χ3v) is 10.4. The largest absolute Gasteiger partial charge is 0.385 e. The maximum Gasteiger partial charge on any atom is 0.159 e. The summed E-state index contributed by atoms with van der Waals surface area (Å²) in [6.07, 6.45) is 12.1. The standard InChI is InChI=1S/C28H42O3/c1-17(2)18(3)7-8-19(4)21-11-14-28(31)23-16-25(30)24-15-20(29)9-12-26(24,5)22(23)10-13-27(21,28)6/h7-8,16-19,21-22,24,31H,9-15H2,1-6H3/b8-7+/t18-,19+,21+,22-,24+,26+,27+,28+/m0/s1. The van der Waals surface area contributed by atoms with Crippen LogP contribution in [0.2, 0.25) is 0 Å². The van der Waals surface area contributed by atoms with Gasteiger partial charge in [0.1, 0.15) is 5.78 Å². The number of carbonyl (C=O) groups is 2. The first-order valence-electron chi connectivity index (χ1n) is 12.6. The molecule has 3 nitrogen and oxygen atoms in total. The summed E-state index contributed by atoms with van der Waals surface area (Å²) in [4.78, 5) is 25.3. The van der Waals surface area contributed by atoms with Crippen molar-refractivity contribution in [1.82, 2.24) is 0 Å². The van der Waals surface area contributed by atoms with Crippen LogP contribution in [0.4, 0.5) is 0 Å². The normalized spacial score (nSPS) is 44.6. The predicted octanol–water partition coefficient (Wildman–Crippen LogP) is 5.91. The number of aliphatic hydroxyl groups is 1. The van der Waals surface area contributed by atoms with E-state index < -0.39 is 5.60 Å². The van der Waals surface area contributed by atoms with Crippen molar-refractivity contribution in [1.29, 1.82) is 0 Å². The number of hydrogen-bond donors (Lipinski definition) is 1. The van der Waals surface area contributed by atoms with Gasteiger partial charge in [-0.25, -0.2) is 0 Å². The minimum atomic E-state index is -0.891. The van der Waals surface area contributed by atoms with Crippen molar-refractivity contribution in [2.75, 3.05) is 0 Å². The van der Waals surface area contributed by atoms with E-state index in [-0.39, 0.29) is 34.2 Å². The van der Waals surface area contributed by atoms with Crippen molar-refractivity contribution in [3.8, 4) is 0 Å². The van der Waals surface area contributed by atoms with Crippen LogP contribution in [-0.2, 0) is 9.59 Å². The van der Waals surface area contributed by atoms with E-state index in [1.165, 1.54) is 0 Å². The summed E-state index contributed by atoms with van der Waals surface area (Å²) in [6.45, 7) is 13.6. The molecule has 172 valence electrons. The Kier molecular flexibility index (Phi) is 5.69. The molecule has 0 aromatic carbocycles. The molecule has 0 aromatic heterocycles. The number of Topliss-reactive ketones (excluding diaryl/α,β-unsaturated/α-hetero) is 1. The van der Waals surface area contributed by atoms with Gasteiger partial charge in [-0.15, -0.1) is 0 Å². The quantitative estimate of drug-likeness (QED) is 0.568. The Balaban J connectivity index is 1.65. The highest BCUT2D eigenvalue weighted by atomic mass is 16.3. The summed E-state index contributed by atoms with van der Waals surface area (Å²) in [5, 5.41) is 12.2. The molecule has 4 aliphatic rings. The van der Waals surface area contributed by atoms with Gasteiger partial charge >= 0.3 is 0 Å². The Labute approximate surface area is 188 Å². The molecule has 0 radical (unpaired) electrons. The lowest BCUT2D eigenvalue weighted by atomic mass is 9.46. The Morgan fingerprint density at radius 3 is 2.39 bits per heavy atom. The molecule has 4 aliphatic carbocycles. The Morgan fingerprint density at radius 2 is 1.71 bits per heavy atom. The molecule has 0 aliphatic heterocycles. The van der Waals surface area contributed by atoms with Crippen molar-refractivity contribution in [3.05, 3.63) is 23.8 Å². The average Bonchev–Trinajstić information content (AvgIpc) is 2.99. The van der Waals surface area contributed by atoms with Crippen LogP contribution in [0.5, 0.6) is 0 Å². The fourth-order valence-electron chi connectivity index (χ4n) is 7.73. The maximum atomic E-state index is 13.2. The van der Waals surface area contributed by atoms with Gasteiger partial charge in [-0.05, 0) is 78.8 Å². The molecular formula is C28H42O3. The molecule has 0 bridgehead atoms. The lowest BCUT2D eigenvalue weighted by molar-refractivity contribution is -0.143. The summed E-state index contributed by atoms with van der Waals surface area (Å²) >= 11 is 0. The van der Waals surface area contributed by atoms with Crippen LogP contribution < -0.4 is 0 Å². The van der Waals surface area contributed by atoms with Gasteiger partial charge in [0.15, 0.2) is 5.78 Å². The van der Waals surface area contributed by atoms with E-state index in [1.807, 2.05) is 0 Å². The molecule has 4 rings (SSSR count). The number of fused-ring (bicyclic) bond motifs is 5. The lowest BCUT2D eigenvalue weighted by Crippen LogP contribution is -2.59. The smallest absolute Gasteiger partial charge is 0.159 e. The summed E-state index contributed by atoms with van der Waals surface area (Å²) in [6, 6.07) is 0. The topological polar surface area (TPSA) is 54.4 Å². The SMILES string of the molecule is CC(C)[C@@H](C)/C=C/[C@@H](C)[C@H]1CC[C@@]2(O)C3=CC(=O)[C@H]4CC(=O)CC[C@]4(C)[C@H]3CC[C@]12C. The lowest BCUT2D eigenvalue weighted by Gasteiger charge is -2.59. The summed E-state index contributed by atoms with van der Waals surface area (Å²) < 4.78 is 0. The van der Waals surface area contributed by atoms with E-state index in [0.717, 1.165) is 37.7 Å². The van der Waals surface area contributed by atoms with E-state index in [2.05, 4.69) is 53.7 Å². The van der Waals surface area contributed by atoms with Crippen LogP contribution in [0.1, 0.15) is 86.5 Å². The molecule has 3 heteroatoms. The zero-order valence-corrected chi connectivity index (χ0v) is 20.4. The zero-order chi connectivity index (χ0) is 22.8. The van der Waals surface area contributed by atoms with Crippen molar-refractivity contribution in [2.45, 2.75) is 92.1 Å². The summed E-state index contributed by atoms with van der Waals surface area (Å²) in [7, 11) is 0. The fraction of sp³-hybridized carbons (Fsp3) is 0.786. The molecular weight excluding hydrogens is 384 g/mol. The summed E-state index contributed by atoms with van der Waals surface area (Å²) in [5.74, 6) is 2.36. The third-order valence-electron chi connectivity index (χ3n) is 10.4. The van der Waals surface area contributed by atoms with E-state index in [9.17, 15) is 14.7 Å². The van der Waals surface area contributed by atoms with Gasteiger partial charge in [0.25, 0.3) is 0 Å². The van der Waals surface area contributed by atoms with Gasteiger partial charge in [0.05, 0.1) is 5.60 Å². The third kappa shape index (κ3) is 3.33. The fourth-order valence-corrected chi connectivity index (χ4v) is 7.73. The van der Waals surface area contributed by atoms with Crippen molar-refractivity contribution in [2.24, 2.45) is 46.3 Å². The number of carbonyl (C=O) groups excluding carboxylic acids is 2. The molecule has 3 saturated carbocycles. The van der Waals surface area contributed by atoms with E-state index in [1.54, 1.807) is 6.08 Å². The van der Waals surface area contributed by atoms with E-state index in [0.29, 0.717) is 36.5 Å². The zero-order valence-electron chi connectivity index (χ0n) is 20.4. The molecule has 0 amide bonds. The molecule has 0 unspecified atom stereocenters. The van der Waals surface area contributed by atoms with Crippen LogP contribution >= 0.6 is 0 Å². The van der Waals surface area contributed by atoms with E-state index in [4.69, 9.17) is 0 Å². The van der Waals surface area contributed by atoms with Crippen molar-refractivity contribution < 1.29 is 14.7 Å². The molecule has 0 heterocycles. The first-order valence-corrected chi connectivity index (χ1v) is 12.6. The minimum absolute atomic E-state index is 0.0848. The maximum absolute atomic E-state index is 13.2. The van der Waals surface area contributed by atoms with Crippen LogP contribution in [0, 0.1) is 46.3 Å². The van der Waals surface area contributed by atoms with Crippen molar-refractivity contribution >= 4 is 11.6 Å². The first-order chi connectivity index (χ1) is 14.4. The second kappa shape index (κ2) is 7.68. The molecule has 0 spiro atoms. The Morgan fingerprint density at radius 1 is 1.00 bits per heavy atom. The molecule has 31 heavy (non-hydrogen) atoms. The second-order valence-electron chi connectivity index (χ2n) is 12.2. The predicted molar refractivity (Wildman–Crippen MR) is 124 cm³/mol. The molecule has 0 aromatic rings. The summed E-state index contributed by atoms with van der Waals surface area (Å²) in [5.41, 5.74) is -0.262. The van der Waals surface area contributed by atoms with Crippen LogP contribution in [0.15, 0.2) is 23.8 Å². The molecule has 1 N–H and O–H groups in total. The molecule has 8 atom stereocenters. The van der Waals surface area contributed by atoms with Crippen LogP contribution in [0.25, 0.3) is 0 Å². The van der Waals surface area contributed by atoms with Gasteiger partial charge in [-0.3, -0.25) is 9.59 Å². The van der Waals surface area contributed by atoms with Gasteiger partial charge in [0.2, 0.25) is 0 Å². The highest BCUT2D eigenvalue weighted by Gasteiger charge is 2.66. The second-order valence-corrected chi connectivity index (χ2v) is 12.2.